The second-order valence-corrected chi connectivity index (χ2v) is 6.29. The van der Waals surface area contributed by atoms with Gasteiger partial charge in [-0.15, -0.1) is 0 Å². The predicted octanol–water partition coefficient (Wildman–Crippen LogP) is 3.23. The lowest BCUT2D eigenvalue weighted by Crippen LogP contribution is -2.37. The summed E-state index contributed by atoms with van der Waals surface area (Å²) < 4.78 is 11.4. The quantitative estimate of drug-likeness (QED) is 0.884. The van der Waals surface area contributed by atoms with Crippen molar-refractivity contribution in [3.63, 3.8) is 0 Å². The SMILES string of the molecule is COc1ccc(CN2CCCC(O)C2)cc1OCc1ccccc1. The van der Waals surface area contributed by atoms with Crippen molar-refractivity contribution in [3.8, 4) is 11.5 Å². The van der Waals surface area contributed by atoms with Crippen LogP contribution in [0.15, 0.2) is 48.5 Å². The fourth-order valence-electron chi connectivity index (χ4n) is 3.10. The molecule has 1 unspecified atom stereocenters. The van der Waals surface area contributed by atoms with E-state index in [4.69, 9.17) is 9.47 Å². The van der Waals surface area contributed by atoms with E-state index in [9.17, 15) is 5.11 Å². The first kappa shape index (κ1) is 16.8. The third-order valence-electron chi connectivity index (χ3n) is 4.35. The Morgan fingerprint density at radius 2 is 1.92 bits per heavy atom. The van der Waals surface area contributed by atoms with Gasteiger partial charge in [-0.1, -0.05) is 36.4 Å². The first-order valence-corrected chi connectivity index (χ1v) is 8.48. The lowest BCUT2D eigenvalue weighted by atomic mass is 10.1. The zero-order chi connectivity index (χ0) is 16.8. The van der Waals surface area contributed by atoms with Gasteiger partial charge < -0.3 is 14.6 Å². The maximum Gasteiger partial charge on any atom is 0.161 e. The summed E-state index contributed by atoms with van der Waals surface area (Å²) >= 11 is 0. The molecule has 4 nitrogen and oxygen atoms in total. The highest BCUT2D eigenvalue weighted by atomic mass is 16.5. The van der Waals surface area contributed by atoms with Crippen LogP contribution in [0, 0.1) is 0 Å². The number of aliphatic hydroxyl groups excluding tert-OH is 1. The Kier molecular flexibility index (Phi) is 5.72. The molecule has 0 aromatic heterocycles. The highest BCUT2D eigenvalue weighted by Crippen LogP contribution is 2.29. The van der Waals surface area contributed by atoms with E-state index in [1.165, 1.54) is 5.56 Å². The van der Waals surface area contributed by atoms with Gasteiger partial charge in [0.05, 0.1) is 13.2 Å². The highest BCUT2D eigenvalue weighted by Gasteiger charge is 2.18. The molecule has 0 amide bonds. The number of likely N-dealkylation sites (tertiary alicyclic amines) is 1. The Morgan fingerprint density at radius 1 is 1.08 bits per heavy atom. The lowest BCUT2D eigenvalue weighted by molar-refractivity contribution is 0.0668. The number of benzene rings is 2. The van der Waals surface area contributed by atoms with E-state index >= 15 is 0 Å². The Balaban J connectivity index is 1.68. The average molecular weight is 327 g/mol. The van der Waals surface area contributed by atoms with Gasteiger partial charge in [0.25, 0.3) is 0 Å². The van der Waals surface area contributed by atoms with E-state index in [2.05, 4.69) is 11.0 Å². The van der Waals surface area contributed by atoms with Gasteiger partial charge in [-0.2, -0.15) is 0 Å². The topological polar surface area (TPSA) is 41.9 Å². The molecule has 24 heavy (non-hydrogen) atoms. The fourth-order valence-corrected chi connectivity index (χ4v) is 3.10. The smallest absolute Gasteiger partial charge is 0.161 e. The van der Waals surface area contributed by atoms with Gasteiger partial charge in [0, 0.05) is 13.1 Å². The summed E-state index contributed by atoms with van der Waals surface area (Å²) in [6, 6.07) is 16.2. The third kappa shape index (κ3) is 4.49. The van der Waals surface area contributed by atoms with Crippen molar-refractivity contribution in [3.05, 3.63) is 59.7 Å². The molecule has 2 aromatic carbocycles. The Bertz CT molecular complexity index is 645. The van der Waals surface area contributed by atoms with Crippen LogP contribution in [0.3, 0.4) is 0 Å². The molecule has 128 valence electrons. The summed E-state index contributed by atoms with van der Waals surface area (Å²) in [6.45, 7) is 3.11. The molecule has 1 aliphatic rings. The molecule has 1 heterocycles. The molecule has 1 fully saturated rings. The van der Waals surface area contributed by atoms with Crippen LogP contribution in [-0.4, -0.2) is 36.3 Å². The molecular formula is C20H25NO3. The fraction of sp³-hybridized carbons (Fsp3) is 0.400. The number of ether oxygens (including phenoxy) is 2. The van der Waals surface area contributed by atoms with Crippen molar-refractivity contribution >= 4 is 0 Å². The number of rotatable bonds is 6. The molecule has 3 rings (SSSR count). The lowest BCUT2D eigenvalue weighted by Gasteiger charge is -2.30. The van der Waals surface area contributed by atoms with E-state index in [-0.39, 0.29) is 6.10 Å². The second kappa shape index (κ2) is 8.18. The van der Waals surface area contributed by atoms with E-state index in [0.717, 1.165) is 49.5 Å². The molecule has 1 N–H and O–H groups in total. The third-order valence-corrected chi connectivity index (χ3v) is 4.35. The minimum Gasteiger partial charge on any atom is -0.493 e. The molecule has 1 saturated heterocycles. The first-order valence-electron chi connectivity index (χ1n) is 8.48. The van der Waals surface area contributed by atoms with Gasteiger partial charge in [-0.05, 0) is 42.6 Å². The highest BCUT2D eigenvalue weighted by molar-refractivity contribution is 5.43. The van der Waals surface area contributed by atoms with Crippen LogP contribution in [0.2, 0.25) is 0 Å². The number of aliphatic hydroxyl groups is 1. The summed E-state index contributed by atoms with van der Waals surface area (Å²) in [5.41, 5.74) is 2.30. The summed E-state index contributed by atoms with van der Waals surface area (Å²) in [5.74, 6) is 1.50. The molecule has 0 spiro atoms. The van der Waals surface area contributed by atoms with Crippen LogP contribution in [0.4, 0.5) is 0 Å². The molecule has 4 heteroatoms. The molecule has 0 radical (unpaired) electrons. The van der Waals surface area contributed by atoms with Crippen LogP contribution in [0.25, 0.3) is 0 Å². The number of nitrogens with zero attached hydrogens (tertiary/aromatic N) is 1. The van der Waals surface area contributed by atoms with Crippen molar-refractivity contribution in [1.82, 2.24) is 4.90 Å². The van der Waals surface area contributed by atoms with Gasteiger partial charge in [0.2, 0.25) is 0 Å². The standard InChI is InChI=1S/C20H25NO3/c1-23-19-10-9-17(13-21-11-5-8-18(22)14-21)12-20(19)24-15-16-6-3-2-4-7-16/h2-4,6-7,9-10,12,18,22H,5,8,11,13-15H2,1H3. The monoisotopic (exact) mass is 327 g/mol. The average Bonchev–Trinajstić information content (AvgIpc) is 2.61. The van der Waals surface area contributed by atoms with Gasteiger partial charge in [-0.25, -0.2) is 0 Å². The number of β-amino-alcohol motifs (C(OH)–C–C–N with tert-alkyl or cyclic N) is 1. The zero-order valence-corrected chi connectivity index (χ0v) is 14.1. The first-order chi connectivity index (χ1) is 11.7. The molecule has 0 bridgehead atoms. The van der Waals surface area contributed by atoms with Gasteiger partial charge in [-0.3, -0.25) is 4.90 Å². The van der Waals surface area contributed by atoms with Crippen LogP contribution >= 0.6 is 0 Å². The molecular weight excluding hydrogens is 302 g/mol. The summed E-state index contributed by atoms with van der Waals surface area (Å²) in [6.07, 6.45) is 1.75. The van der Waals surface area contributed by atoms with E-state index < -0.39 is 0 Å². The van der Waals surface area contributed by atoms with Crippen molar-refractivity contribution in [1.29, 1.82) is 0 Å². The van der Waals surface area contributed by atoms with Gasteiger partial charge in [0.1, 0.15) is 6.61 Å². The van der Waals surface area contributed by atoms with E-state index in [1.54, 1.807) is 7.11 Å². The summed E-state index contributed by atoms with van der Waals surface area (Å²) in [5, 5.41) is 9.82. The Morgan fingerprint density at radius 3 is 2.67 bits per heavy atom. The number of methoxy groups -OCH3 is 1. The predicted molar refractivity (Wildman–Crippen MR) is 94.3 cm³/mol. The normalized spacial score (nSPS) is 18.3. The molecule has 0 aliphatic carbocycles. The number of hydrogen-bond acceptors (Lipinski definition) is 4. The molecule has 0 saturated carbocycles. The van der Waals surface area contributed by atoms with E-state index in [0.29, 0.717) is 6.61 Å². The minimum atomic E-state index is -0.203. The Labute approximate surface area is 143 Å². The van der Waals surface area contributed by atoms with Crippen molar-refractivity contribution in [2.75, 3.05) is 20.2 Å². The second-order valence-electron chi connectivity index (χ2n) is 6.29. The van der Waals surface area contributed by atoms with Crippen molar-refractivity contribution < 1.29 is 14.6 Å². The number of hydrogen-bond donors (Lipinski definition) is 1. The molecule has 1 atom stereocenters. The molecule has 2 aromatic rings. The van der Waals surface area contributed by atoms with Crippen LogP contribution in [0.1, 0.15) is 24.0 Å². The molecule has 1 aliphatic heterocycles. The Hall–Kier alpha value is -2.04. The van der Waals surface area contributed by atoms with Gasteiger partial charge in [0.15, 0.2) is 11.5 Å². The van der Waals surface area contributed by atoms with E-state index in [1.807, 2.05) is 42.5 Å². The summed E-state index contributed by atoms with van der Waals surface area (Å²) in [4.78, 5) is 2.29. The maximum atomic E-state index is 9.82. The largest absolute Gasteiger partial charge is 0.493 e. The van der Waals surface area contributed by atoms with Crippen LogP contribution in [-0.2, 0) is 13.2 Å². The van der Waals surface area contributed by atoms with Crippen molar-refractivity contribution in [2.24, 2.45) is 0 Å². The van der Waals surface area contributed by atoms with Crippen LogP contribution in [0.5, 0.6) is 11.5 Å². The number of piperidine rings is 1. The van der Waals surface area contributed by atoms with Gasteiger partial charge >= 0.3 is 0 Å². The van der Waals surface area contributed by atoms with Crippen LogP contribution < -0.4 is 9.47 Å². The van der Waals surface area contributed by atoms with Crippen molar-refractivity contribution in [2.45, 2.75) is 32.1 Å². The zero-order valence-electron chi connectivity index (χ0n) is 14.1. The minimum absolute atomic E-state index is 0.203. The maximum absolute atomic E-state index is 9.82. The summed E-state index contributed by atoms with van der Waals surface area (Å²) in [7, 11) is 1.66.